The summed E-state index contributed by atoms with van der Waals surface area (Å²) in [4.78, 5) is 0. The molecule has 0 aliphatic heterocycles. The van der Waals surface area contributed by atoms with Gasteiger partial charge in [-0.25, -0.2) is 0 Å². The molecule has 0 amide bonds. The molecule has 1 fully saturated rings. The third-order valence-corrected chi connectivity index (χ3v) is 3.87. The Balaban J connectivity index is 2.29. The van der Waals surface area contributed by atoms with E-state index in [1.165, 1.54) is 38.5 Å². The average Bonchev–Trinajstić information content (AvgIpc) is 2.66. The Bertz CT molecular complexity index is 138. The molecule has 0 aromatic heterocycles. The van der Waals surface area contributed by atoms with Gasteiger partial charge in [0.15, 0.2) is 0 Å². The summed E-state index contributed by atoms with van der Waals surface area (Å²) in [5, 5.41) is 3.57. The van der Waals surface area contributed by atoms with Gasteiger partial charge in [0.05, 0.1) is 0 Å². The Morgan fingerprint density at radius 1 is 1.21 bits per heavy atom. The highest BCUT2D eigenvalue weighted by Crippen LogP contribution is 2.32. The van der Waals surface area contributed by atoms with Gasteiger partial charge in [0.2, 0.25) is 0 Å². The maximum atomic E-state index is 3.57. The van der Waals surface area contributed by atoms with E-state index in [0.29, 0.717) is 6.04 Å². The van der Waals surface area contributed by atoms with E-state index in [2.05, 4.69) is 26.1 Å². The first-order valence-electron chi connectivity index (χ1n) is 6.51. The summed E-state index contributed by atoms with van der Waals surface area (Å²) >= 11 is 0. The molecule has 1 nitrogen and oxygen atoms in total. The van der Waals surface area contributed by atoms with Crippen molar-refractivity contribution in [2.45, 2.75) is 65.3 Å². The second-order valence-corrected chi connectivity index (χ2v) is 4.90. The van der Waals surface area contributed by atoms with E-state index >= 15 is 0 Å². The molecule has 1 heteroatoms. The van der Waals surface area contributed by atoms with Crippen molar-refractivity contribution in [1.82, 2.24) is 5.32 Å². The van der Waals surface area contributed by atoms with Gasteiger partial charge in [-0.3, -0.25) is 0 Å². The molecule has 0 aromatic rings. The third-order valence-electron chi connectivity index (χ3n) is 3.87. The van der Waals surface area contributed by atoms with Crippen molar-refractivity contribution in [3.63, 3.8) is 0 Å². The summed E-state index contributed by atoms with van der Waals surface area (Å²) in [5.74, 6) is 1.94. The van der Waals surface area contributed by atoms with Crippen molar-refractivity contribution < 1.29 is 0 Å². The second kappa shape index (κ2) is 6.44. The molecular weight excluding hydrogens is 170 g/mol. The zero-order valence-corrected chi connectivity index (χ0v) is 10.2. The van der Waals surface area contributed by atoms with Crippen LogP contribution in [0.5, 0.6) is 0 Å². The minimum Gasteiger partial charge on any atom is -0.314 e. The first-order chi connectivity index (χ1) is 6.77. The lowest BCUT2D eigenvalue weighted by atomic mass is 9.87. The molecular formula is C13H27N. The van der Waals surface area contributed by atoms with E-state index in [0.717, 1.165) is 18.4 Å². The van der Waals surface area contributed by atoms with Crippen LogP contribution in [0.3, 0.4) is 0 Å². The summed E-state index contributed by atoms with van der Waals surface area (Å²) in [7, 11) is 0. The quantitative estimate of drug-likeness (QED) is 0.686. The minimum absolute atomic E-state index is 0.714. The zero-order valence-electron chi connectivity index (χ0n) is 10.2. The Hall–Kier alpha value is -0.0400. The molecule has 2 atom stereocenters. The number of hydrogen-bond donors (Lipinski definition) is 1. The molecule has 14 heavy (non-hydrogen) atoms. The standard InChI is InChI=1S/C13H27N/c1-4-13(11(3)14-5-2)10-12-8-6-7-9-12/h11-14H,4-10H2,1-3H3. The zero-order chi connectivity index (χ0) is 10.4. The fourth-order valence-corrected chi connectivity index (χ4v) is 2.89. The predicted octanol–water partition coefficient (Wildman–Crippen LogP) is 3.59. The van der Waals surface area contributed by atoms with E-state index in [1.54, 1.807) is 0 Å². The molecule has 1 saturated carbocycles. The minimum atomic E-state index is 0.714. The second-order valence-electron chi connectivity index (χ2n) is 4.90. The summed E-state index contributed by atoms with van der Waals surface area (Å²) in [6.45, 7) is 8.02. The fourth-order valence-electron chi connectivity index (χ4n) is 2.89. The highest BCUT2D eigenvalue weighted by atomic mass is 14.9. The van der Waals surface area contributed by atoms with Gasteiger partial charge in [0.1, 0.15) is 0 Å². The van der Waals surface area contributed by atoms with E-state index in [4.69, 9.17) is 0 Å². The molecule has 1 N–H and O–H groups in total. The van der Waals surface area contributed by atoms with E-state index in [9.17, 15) is 0 Å². The van der Waals surface area contributed by atoms with Crippen LogP contribution >= 0.6 is 0 Å². The summed E-state index contributed by atoms with van der Waals surface area (Å²) in [6.07, 6.45) is 8.76. The molecule has 1 aliphatic rings. The Morgan fingerprint density at radius 3 is 2.36 bits per heavy atom. The molecule has 0 aromatic carbocycles. The molecule has 1 rings (SSSR count). The van der Waals surface area contributed by atoms with Crippen molar-refractivity contribution in [2.75, 3.05) is 6.54 Å². The SMILES string of the molecule is CCNC(C)C(CC)CC1CCCC1. The van der Waals surface area contributed by atoms with Crippen LogP contribution in [0.4, 0.5) is 0 Å². The van der Waals surface area contributed by atoms with Crippen molar-refractivity contribution in [3.8, 4) is 0 Å². The molecule has 0 bridgehead atoms. The molecule has 0 saturated heterocycles. The largest absolute Gasteiger partial charge is 0.314 e. The van der Waals surface area contributed by atoms with Gasteiger partial charge in [0.25, 0.3) is 0 Å². The van der Waals surface area contributed by atoms with Gasteiger partial charge in [-0.05, 0) is 31.7 Å². The summed E-state index contributed by atoms with van der Waals surface area (Å²) in [5.41, 5.74) is 0. The Kier molecular flexibility index (Phi) is 5.54. The van der Waals surface area contributed by atoms with Crippen LogP contribution in [0.2, 0.25) is 0 Å². The first-order valence-corrected chi connectivity index (χ1v) is 6.51. The number of hydrogen-bond acceptors (Lipinski definition) is 1. The van der Waals surface area contributed by atoms with Crippen molar-refractivity contribution in [2.24, 2.45) is 11.8 Å². The van der Waals surface area contributed by atoms with Crippen LogP contribution < -0.4 is 5.32 Å². The number of rotatable bonds is 6. The lowest BCUT2D eigenvalue weighted by molar-refractivity contribution is 0.295. The van der Waals surface area contributed by atoms with Gasteiger partial charge >= 0.3 is 0 Å². The topological polar surface area (TPSA) is 12.0 Å². The molecule has 1 aliphatic carbocycles. The first kappa shape index (κ1) is 12.0. The van der Waals surface area contributed by atoms with Gasteiger partial charge in [-0.2, -0.15) is 0 Å². The number of nitrogens with one attached hydrogen (secondary N) is 1. The van der Waals surface area contributed by atoms with Crippen molar-refractivity contribution >= 4 is 0 Å². The molecule has 0 radical (unpaired) electrons. The van der Waals surface area contributed by atoms with E-state index < -0.39 is 0 Å². The molecule has 0 heterocycles. The summed E-state index contributed by atoms with van der Waals surface area (Å²) in [6, 6.07) is 0.714. The highest BCUT2D eigenvalue weighted by molar-refractivity contribution is 4.76. The van der Waals surface area contributed by atoms with Crippen LogP contribution in [-0.4, -0.2) is 12.6 Å². The lowest BCUT2D eigenvalue weighted by Gasteiger charge is -2.26. The normalized spacial score (nSPS) is 22.5. The third kappa shape index (κ3) is 3.61. The van der Waals surface area contributed by atoms with Gasteiger partial charge in [0, 0.05) is 6.04 Å². The van der Waals surface area contributed by atoms with Gasteiger partial charge in [-0.1, -0.05) is 46.0 Å². The van der Waals surface area contributed by atoms with Crippen LogP contribution in [0.15, 0.2) is 0 Å². The fraction of sp³-hybridized carbons (Fsp3) is 1.00. The van der Waals surface area contributed by atoms with Crippen molar-refractivity contribution in [1.29, 1.82) is 0 Å². The van der Waals surface area contributed by atoms with Gasteiger partial charge < -0.3 is 5.32 Å². The van der Waals surface area contributed by atoms with E-state index in [1.807, 2.05) is 0 Å². The average molecular weight is 197 g/mol. The molecule has 0 spiro atoms. The maximum Gasteiger partial charge on any atom is 0.00668 e. The smallest absolute Gasteiger partial charge is 0.00668 e. The predicted molar refractivity (Wildman–Crippen MR) is 63.5 cm³/mol. The monoisotopic (exact) mass is 197 g/mol. The van der Waals surface area contributed by atoms with Crippen LogP contribution in [-0.2, 0) is 0 Å². The van der Waals surface area contributed by atoms with Crippen molar-refractivity contribution in [3.05, 3.63) is 0 Å². The van der Waals surface area contributed by atoms with Crippen LogP contribution in [0.25, 0.3) is 0 Å². The summed E-state index contributed by atoms with van der Waals surface area (Å²) < 4.78 is 0. The van der Waals surface area contributed by atoms with Crippen LogP contribution in [0, 0.1) is 11.8 Å². The Labute approximate surface area is 89.7 Å². The molecule has 84 valence electrons. The van der Waals surface area contributed by atoms with Gasteiger partial charge in [-0.15, -0.1) is 0 Å². The Morgan fingerprint density at radius 2 is 1.86 bits per heavy atom. The molecule has 2 unspecified atom stereocenters. The van der Waals surface area contributed by atoms with E-state index in [-0.39, 0.29) is 0 Å². The lowest BCUT2D eigenvalue weighted by Crippen LogP contribution is -2.33. The highest BCUT2D eigenvalue weighted by Gasteiger charge is 2.22. The maximum absolute atomic E-state index is 3.57. The van der Waals surface area contributed by atoms with Crippen LogP contribution in [0.1, 0.15) is 59.3 Å².